The fraction of sp³-hybridized carbons (Fsp3) is 0.286. The lowest BCUT2D eigenvalue weighted by molar-refractivity contribution is -0.385. The average Bonchev–Trinajstić information content (AvgIpc) is 2.92. The van der Waals surface area contributed by atoms with Gasteiger partial charge >= 0.3 is 0 Å². The number of hydrogen-bond acceptors (Lipinski definition) is 3. The SMILES string of the molecule is CCCCn1c(C(=O)Nc2ccc([N+](=O)[O-])c(C)c2)c(C)c2ccccc21. The summed E-state index contributed by atoms with van der Waals surface area (Å²) in [6.07, 6.45) is 2.02. The first-order chi connectivity index (χ1) is 12.9. The number of unbranched alkanes of at least 4 members (excludes halogenated alkanes) is 1. The Kier molecular flexibility index (Phi) is 5.26. The van der Waals surface area contributed by atoms with E-state index < -0.39 is 4.92 Å². The first-order valence-electron chi connectivity index (χ1n) is 9.08. The zero-order chi connectivity index (χ0) is 19.6. The van der Waals surface area contributed by atoms with Gasteiger partial charge in [-0.1, -0.05) is 31.5 Å². The van der Waals surface area contributed by atoms with Gasteiger partial charge < -0.3 is 9.88 Å². The van der Waals surface area contributed by atoms with E-state index >= 15 is 0 Å². The molecule has 0 unspecified atom stereocenters. The molecule has 0 saturated heterocycles. The molecule has 140 valence electrons. The van der Waals surface area contributed by atoms with Gasteiger partial charge in [0.1, 0.15) is 5.69 Å². The number of nitro groups is 1. The third-order valence-electron chi connectivity index (χ3n) is 4.83. The smallest absolute Gasteiger partial charge is 0.272 e. The molecule has 0 bridgehead atoms. The second kappa shape index (κ2) is 7.61. The molecule has 0 spiro atoms. The number of aryl methyl sites for hydroxylation is 3. The number of hydrogen-bond donors (Lipinski definition) is 1. The minimum atomic E-state index is -0.423. The number of amides is 1. The van der Waals surface area contributed by atoms with E-state index in [0.29, 0.717) is 16.9 Å². The molecule has 0 saturated carbocycles. The Labute approximate surface area is 158 Å². The minimum Gasteiger partial charge on any atom is -0.336 e. The van der Waals surface area contributed by atoms with Gasteiger partial charge in [-0.3, -0.25) is 14.9 Å². The predicted octanol–water partition coefficient (Wildman–Crippen LogP) is 5.22. The number of nitro benzene ring substituents is 1. The third-order valence-corrected chi connectivity index (χ3v) is 4.83. The molecule has 6 heteroatoms. The Bertz CT molecular complexity index is 1020. The summed E-state index contributed by atoms with van der Waals surface area (Å²) in [6, 6.07) is 12.6. The number of carbonyl (C=O) groups is 1. The van der Waals surface area contributed by atoms with Crippen molar-refractivity contribution in [1.29, 1.82) is 0 Å². The summed E-state index contributed by atoms with van der Waals surface area (Å²) in [5.74, 6) is -0.201. The standard InChI is InChI=1S/C21H23N3O3/c1-4-5-12-23-19-9-7-6-8-17(19)15(3)20(23)21(25)22-16-10-11-18(24(26)27)14(2)13-16/h6-11,13H,4-5,12H2,1-3H3,(H,22,25). The van der Waals surface area contributed by atoms with Crippen molar-refractivity contribution in [2.75, 3.05) is 5.32 Å². The quantitative estimate of drug-likeness (QED) is 0.480. The molecule has 3 rings (SSSR count). The van der Waals surface area contributed by atoms with Gasteiger partial charge in [0.2, 0.25) is 0 Å². The fourth-order valence-electron chi connectivity index (χ4n) is 3.45. The topological polar surface area (TPSA) is 77.2 Å². The van der Waals surface area contributed by atoms with Crippen LogP contribution >= 0.6 is 0 Å². The van der Waals surface area contributed by atoms with Gasteiger partial charge in [0.05, 0.1) is 4.92 Å². The normalized spacial score (nSPS) is 10.9. The van der Waals surface area contributed by atoms with Crippen molar-refractivity contribution >= 4 is 28.2 Å². The molecule has 3 aromatic rings. The Hall–Kier alpha value is -3.15. The molecule has 0 aliphatic carbocycles. The molecular formula is C21H23N3O3. The molecule has 1 heterocycles. The highest BCUT2D eigenvalue weighted by atomic mass is 16.6. The zero-order valence-corrected chi connectivity index (χ0v) is 15.8. The van der Waals surface area contributed by atoms with Crippen LogP contribution in [-0.4, -0.2) is 15.4 Å². The van der Waals surface area contributed by atoms with Gasteiger partial charge in [0.15, 0.2) is 0 Å². The minimum absolute atomic E-state index is 0.0428. The number of fused-ring (bicyclic) bond motifs is 1. The highest BCUT2D eigenvalue weighted by Crippen LogP contribution is 2.28. The maximum atomic E-state index is 13.1. The summed E-state index contributed by atoms with van der Waals surface area (Å²) in [7, 11) is 0. The molecule has 6 nitrogen and oxygen atoms in total. The maximum absolute atomic E-state index is 13.1. The molecule has 2 aromatic carbocycles. The molecule has 0 aliphatic heterocycles. The van der Waals surface area contributed by atoms with Crippen LogP contribution in [-0.2, 0) is 6.54 Å². The van der Waals surface area contributed by atoms with Gasteiger partial charge in [-0.2, -0.15) is 0 Å². The summed E-state index contributed by atoms with van der Waals surface area (Å²) in [5.41, 5.74) is 3.74. The number of nitrogens with one attached hydrogen (secondary N) is 1. The second-order valence-corrected chi connectivity index (χ2v) is 6.71. The molecular weight excluding hydrogens is 342 g/mol. The molecule has 0 atom stereocenters. The number of anilines is 1. The van der Waals surface area contributed by atoms with Crippen LogP contribution in [0.1, 0.15) is 41.4 Å². The third kappa shape index (κ3) is 3.56. The van der Waals surface area contributed by atoms with Gasteiger partial charge in [-0.15, -0.1) is 0 Å². The van der Waals surface area contributed by atoms with Gasteiger partial charge in [0.25, 0.3) is 11.6 Å². The summed E-state index contributed by atoms with van der Waals surface area (Å²) in [6.45, 7) is 6.52. The number of nitrogens with zero attached hydrogens (tertiary/aromatic N) is 2. The van der Waals surface area contributed by atoms with Crippen molar-refractivity contribution in [3.05, 3.63) is 69.4 Å². The van der Waals surface area contributed by atoms with E-state index in [1.807, 2.05) is 31.2 Å². The van der Waals surface area contributed by atoms with E-state index in [2.05, 4.69) is 16.8 Å². The van der Waals surface area contributed by atoms with Crippen molar-refractivity contribution in [1.82, 2.24) is 4.57 Å². The van der Waals surface area contributed by atoms with Crippen LogP contribution in [0.15, 0.2) is 42.5 Å². The Morgan fingerprint density at radius 3 is 2.59 bits per heavy atom. The summed E-state index contributed by atoms with van der Waals surface area (Å²) < 4.78 is 2.07. The number of benzene rings is 2. The number of aromatic nitrogens is 1. The van der Waals surface area contributed by atoms with Crippen molar-refractivity contribution < 1.29 is 9.72 Å². The Morgan fingerprint density at radius 2 is 1.93 bits per heavy atom. The van der Waals surface area contributed by atoms with E-state index in [0.717, 1.165) is 35.9 Å². The highest BCUT2D eigenvalue weighted by molar-refractivity contribution is 6.08. The first kappa shape index (κ1) is 18.6. The van der Waals surface area contributed by atoms with Crippen molar-refractivity contribution in [2.45, 2.75) is 40.2 Å². The summed E-state index contributed by atoms with van der Waals surface area (Å²) in [5, 5.41) is 15.0. The summed E-state index contributed by atoms with van der Waals surface area (Å²) in [4.78, 5) is 23.6. The lowest BCUT2D eigenvalue weighted by Crippen LogP contribution is -2.18. The number of carbonyl (C=O) groups excluding carboxylic acids is 1. The van der Waals surface area contributed by atoms with E-state index in [-0.39, 0.29) is 11.6 Å². The fourth-order valence-corrected chi connectivity index (χ4v) is 3.45. The van der Waals surface area contributed by atoms with Gasteiger partial charge in [-0.25, -0.2) is 0 Å². The monoisotopic (exact) mass is 365 g/mol. The van der Waals surface area contributed by atoms with Crippen LogP contribution in [0.5, 0.6) is 0 Å². The predicted molar refractivity (Wildman–Crippen MR) is 107 cm³/mol. The van der Waals surface area contributed by atoms with Crippen LogP contribution in [0.4, 0.5) is 11.4 Å². The lowest BCUT2D eigenvalue weighted by Gasteiger charge is -2.12. The van der Waals surface area contributed by atoms with Crippen LogP contribution in [0, 0.1) is 24.0 Å². The molecule has 1 N–H and O–H groups in total. The molecule has 0 aliphatic rings. The molecule has 0 fully saturated rings. The molecule has 1 amide bonds. The van der Waals surface area contributed by atoms with Crippen LogP contribution in [0.3, 0.4) is 0 Å². The summed E-state index contributed by atoms with van der Waals surface area (Å²) >= 11 is 0. The molecule has 1 aromatic heterocycles. The van der Waals surface area contributed by atoms with E-state index in [1.165, 1.54) is 6.07 Å². The lowest BCUT2D eigenvalue weighted by atomic mass is 10.1. The van der Waals surface area contributed by atoms with Gasteiger partial charge in [0, 0.05) is 34.8 Å². The maximum Gasteiger partial charge on any atom is 0.272 e. The Balaban J connectivity index is 1.99. The van der Waals surface area contributed by atoms with Crippen molar-refractivity contribution in [2.24, 2.45) is 0 Å². The van der Waals surface area contributed by atoms with Gasteiger partial charge in [-0.05, 0) is 44.0 Å². The molecule has 0 radical (unpaired) electrons. The van der Waals surface area contributed by atoms with Crippen molar-refractivity contribution in [3.63, 3.8) is 0 Å². The van der Waals surface area contributed by atoms with E-state index in [4.69, 9.17) is 0 Å². The number of rotatable bonds is 6. The Morgan fingerprint density at radius 1 is 1.19 bits per heavy atom. The highest BCUT2D eigenvalue weighted by Gasteiger charge is 2.20. The number of para-hydroxylation sites is 1. The average molecular weight is 365 g/mol. The van der Waals surface area contributed by atoms with Crippen LogP contribution in [0.2, 0.25) is 0 Å². The largest absolute Gasteiger partial charge is 0.336 e. The van der Waals surface area contributed by atoms with Crippen LogP contribution < -0.4 is 5.32 Å². The van der Waals surface area contributed by atoms with Crippen molar-refractivity contribution in [3.8, 4) is 0 Å². The van der Waals surface area contributed by atoms with E-state index in [9.17, 15) is 14.9 Å². The molecule has 27 heavy (non-hydrogen) atoms. The zero-order valence-electron chi connectivity index (χ0n) is 15.8. The van der Waals surface area contributed by atoms with Crippen LogP contribution in [0.25, 0.3) is 10.9 Å². The second-order valence-electron chi connectivity index (χ2n) is 6.71. The van der Waals surface area contributed by atoms with E-state index in [1.54, 1.807) is 19.1 Å². The first-order valence-corrected chi connectivity index (χ1v) is 9.08.